The third-order valence-corrected chi connectivity index (χ3v) is 3.77. The zero-order valence-corrected chi connectivity index (χ0v) is 11.1. The molecule has 2 saturated heterocycles. The molecule has 4 nitrogen and oxygen atoms in total. The molecule has 1 amide bonds. The van der Waals surface area contributed by atoms with E-state index in [1.165, 1.54) is 0 Å². The van der Waals surface area contributed by atoms with Gasteiger partial charge in [-0.05, 0) is 58.9 Å². The van der Waals surface area contributed by atoms with Crippen LogP contribution in [0.2, 0.25) is 0 Å². The first kappa shape index (κ1) is 12.7. The van der Waals surface area contributed by atoms with Crippen LogP contribution in [0.5, 0.6) is 0 Å². The average molecular weight is 240 g/mol. The molecule has 2 bridgehead atoms. The van der Waals surface area contributed by atoms with Crippen molar-refractivity contribution in [1.29, 1.82) is 0 Å². The second kappa shape index (κ2) is 4.48. The molecular formula is C13H24N2O2. The molecule has 0 radical (unpaired) electrons. The molecule has 2 N–H and O–H groups in total. The molecule has 0 spiro atoms. The van der Waals surface area contributed by atoms with Gasteiger partial charge in [0.25, 0.3) is 0 Å². The fourth-order valence-electron chi connectivity index (χ4n) is 3.09. The highest BCUT2D eigenvalue weighted by Crippen LogP contribution is 2.39. The van der Waals surface area contributed by atoms with Crippen LogP contribution in [-0.2, 0) is 4.74 Å². The molecule has 2 aliphatic heterocycles. The number of nitrogens with two attached hydrogens (primary N) is 1. The molecule has 0 aromatic carbocycles. The number of nitrogens with zero attached hydrogens (tertiary/aromatic N) is 1. The summed E-state index contributed by atoms with van der Waals surface area (Å²) < 4.78 is 5.48. The Labute approximate surface area is 103 Å². The second-order valence-electron chi connectivity index (χ2n) is 6.35. The van der Waals surface area contributed by atoms with E-state index < -0.39 is 5.60 Å². The molecule has 2 rings (SSSR count). The average Bonchev–Trinajstić information content (AvgIpc) is 2.47. The number of fused-ring (bicyclic) bond motifs is 2. The molecule has 0 aromatic heterocycles. The van der Waals surface area contributed by atoms with Crippen molar-refractivity contribution >= 4 is 6.09 Å². The maximum atomic E-state index is 12.1. The van der Waals surface area contributed by atoms with Crippen LogP contribution >= 0.6 is 0 Å². The predicted molar refractivity (Wildman–Crippen MR) is 66.7 cm³/mol. The van der Waals surface area contributed by atoms with Gasteiger partial charge in [-0.2, -0.15) is 0 Å². The van der Waals surface area contributed by atoms with Crippen LogP contribution < -0.4 is 5.73 Å². The minimum atomic E-state index is -0.402. The summed E-state index contributed by atoms with van der Waals surface area (Å²) in [5.41, 5.74) is 5.34. The van der Waals surface area contributed by atoms with Crippen LogP contribution in [0, 0.1) is 5.92 Å². The molecule has 4 heteroatoms. The summed E-state index contributed by atoms with van der Waals surface area (Å²) in [6.07, 6.45) is 4.18. The van der Waals surface area contributed by atoms with Gasteiger partial charge in [-0.25, -0.2) is 4.79 Å². The fraction of sp³-hybridized carbons (Fsp3) is 0.923. The number of hydrogen-bond acceptors (Lipinski definition) is 3. The van der Waals surface area contributed by atoms with Gasteiger partial charge < -0.3 is 15.4 Å². The van der Waals surface area contributed by atoms with Gasteiger partial charge in [-0.3, -0.25) is 0 Å². The van der Waals surface area contributed by atoms with Crippen molar-refractivity contribution in [2.24, 2.45) is 11.7 Å². The lowest BCUT2D eigenvalue weighted by Gasteiger charge is -2.39. The molecule has 0 aromatic rings. The summed E-state index contributed by atoms with van der Waals surface area (Å²) in [6.45, 7) is 6.49. The first-order chi connectivity index (χ1) is 7.90. The Morgan fingerprint density at radius 3 is 2.24 bits per heavy atom. The SMILES string of the molecule is CC(C)(C)OC(=O)N1[C@H]2CC[C@H]1CC(CN)C2. The second-order valence-corrected chi connectivity index (χ2v) is 6.35. The first-order valence-corrected chi connectivity index (χ1v) is 6.62. The highest BCUT2D eigenvalue weighted by atomic mass is 16.6. The number of carbonyl (C=O) groups excluding carboxylic acids is 1. The Hall–Kier alpha value is -0.770. The number of piperidine rings is 1. The monoisotopic (exact) mass is 240 g/mol. The topological polar surface area (TPSA) is 55.6 Å². The number of ether oxygens (including phenoxy) is 1. The highest BCUT2D eigenvalue weighted by molar-refractivity contribution is 5.69. The van der Waals surface area contributed by atoms with Crippen molar-refractivity contribution in [3.8, 4) is 0 Å². The van der Waals surface area contributed by atoms with Crippen molar-refractivity contribution in [2.45, 2.75) is 64.1 Å². The molecule has 2 aliphatic rings. The van der Waals surface area contributed by atoms with Gasteiger partial charge >= 0.3 is 6.09 Å². The lowest BCUT2D eigenvalue weighted by atomic mass is 9.91. The van der Waals surface area contributed by atoms with E-state index in [2.05, 4.69) is 0 Å². The molecular weight excluding hydrogens is 216 g/mol. The van der Waals surface area contributed by atoms with Crippen molar-refractivity contribution < 1.29 is 9.53 Å². The minimum absolute atomic E-state index is 0.138. The van der Waals surface area contributed by atoms with Gasteiger partial charge in [0.15, 0.2) is 0 Å². The lowest BCUT2D eigenvalue weighted by molar-refractivity contribution is 0.00261. The van der Waals surface area contributed by atoms with E-state index in [0.717, 1.165) is 32.2 Å². The van der Waals surface area contributed by atoms with Gasteiger partial charge in [0.2, 0.25) is 0 Å². The summed E-state index contributed by atoms with van der Waals surface area (Å²) in [5, 5.41) is 0. The van der Waals surface area contributed by atoms with Crippen LogP contribution in [0.3, 0.4) is 0 Å². The standard InChI is InChI=1S/C13H24N2O2/c1-13(2,3)17-12(16)15-10-4-5-11(15)7-9(6-10)8-14/h9-11H,4-8,14H2,1-3H3/t10-,11-/m0/s1. The molecule has 17 heavy (non-hydrogen) atoms. The highest BCUT2D eigenvalue weighted by Gasteiger charge is 2.44. The quantitative estimate of drug-likeness (QED) is 0.764. The molecule has 0 saturated carbocycles. The molecule has 0 aliphatic carbocycles. The summed E-state index contributed by atoms with van der Waals surface area (Å²) in [7, 11) is 0. The van der Waals surface area contributed by atoms with E-state index >= 15 is 0 Å². The lowest BCUT2D eigenvalue weighted by Crippen LogP contribution is -2.49. The maximum absolute atomic E-state index is 12.1. The van der Waals surface area contributed by atoms with Crippen LogP contribution in [0.15, 0.2) is 0 Å². The first-order valence-electron chi connectivity index (χ1n) is 6.62. The van der Waals surface area contributed by atoms with Crippen LogP contribution in [-0.4, -0.2) is 35.2 Å². The Bertz CT molecular complexity index is 284. The Kier molecular flexibility index (Phi) is 3.34. The Balaban J connectivity index is 2.01. The van der Waals surface area contributed by atoms with Crippen molar-refractivity contribution in [3.63, 3.8) is 0 Å². The van der Waals surface area contributed by atoms with Crippen molar-refractivity contribution in [1.82, 2.24) is 4.90 Å². The van der Waals surface area contributed by atoms with Crippen molar-refractivity contribution in [2.75, 3.05) is 6.54 Å². The summed E-state index contributed by atoms with van der Waals surface area (Å²) >= 11 is 0. The largest absolute Gasteiger partial charge is 0.444 e. The van der Waals surface area contributed by atoms with E-state index in [0.29, 0.717) is 18.0 Å². The summed E-state index contributed by atoms with van der Waals surface area (Å²) in [4.78, 5) is 14.1. The zero-order chi connectivity index (χ0) is 12.6. The van der Waals surface area contributed by atoms with Gasteiger partial charge in [0, 0.05) is 12.1 Å². The van der Waals surface area contributed by atoms with Crippen LogP contribution in [0.4, 0.5) is 4.79 Å². The van der Waals surface area contributed by atoms with Gasteiger partial charge in [-0.1, -0.05) is 0 Å². The number of hydrogen-bond donors (Lipinski definition) is 1. The van der Waals surface area contributed by atoms with Crippen LogP contribution in [0.1, 0.15) is 46.5 Å². The molecule has 2 heterocycles. The minimum Gasteiger partial charge on any atom is -0.444 e. The van der Waals surface area contributed by atoms with Gasteiger partial charge in [-0.15, -0.1) is 0 Å². The van der Waals surface area contributed by atoms with Gasteiger partial charge in [0.05, 0.1) is 0 Å². The van der Waals surface area contributed by atoms with E-state index in [-0.39, 0.29) is 6.09 Å². The Morgan fingerprint density at radius 1 is 1.29 bits per heavy atom. The molecule has 98 valence electrons. The summed E-state index contributed by atoms with van der Waals surface area (Å²) in [6, 6.07) is 0.717. The van der Waals surface area contributed by atoms with Crippen LogP contribution in [0.25, 0.3) is 0 Å². The van der Waals surface area contributed by atoms with Gasteiger partial charge in [0.1, 0.15) is 5.60 Å². The molecule has 2 atom stereocenters. The number of amides is 1. The maximum Gasteiger partial charge on any atom is 0.410 e. The predicted octanol–water partition coefficient (Wildman–Crippen LogP) is 2.12. The summed E-state index contributed by atoms with van der Waals surface area (Å²) in [5.74, 6) is 0.589. The number of rotatable bonds is 1. The number of carbonyl (C=O) groups is 1. The molecule has 0 unspecified atom stereocenters. The molecule has 2 fully saturated rings. The Morgan fingerprint density at radius 2 is 1.82 bits per heavy atom. The van der Waals surface area contributed by atoms with Crippen molar-refractivity contribution in [3.05, 3.63) is 0 Å². The van der Waals surface area contributed by atoms with E-state index in [1.807, 2.05) is 25.7 Å². The third kappa shape index (κ3) is 2.73. The van der Waals surface area contributed by atoms with E-state index in [1.54, 1.807) is 0 Å². The van der Waals surface area contributed by atoms with E-state index in [4.69, 9.17) is 10.5 Å². The normalized spacial score (nSPS) is 32.7. The fourth-order valence-corrected chi connectivity index (χ4v) is 3.09. The van der Waals surface area contributed by atoms with E-state index in [9.17, 15) is 4.79 Å². The zero-order valence-electron chi connectivity index (χ0n) is 11.1. The third-order valence-electron chi connectivity index (χ3n) is 3.77. The smallest absolute Gasteiger partial charge is 0.410 e.